The number of alkyl halides is 6. The van der Waals surface area contributed by atoms with Crippen molar-refractivity contribution in [2.45, 2.75) is 31.9 Å². The molecule has 0 aromatic heterocycles. The van der Waals surface area contributed by atoms with Gasteiger partial charge in [0.05, 0.1) is 0 Å². The molecule has 0 aromatic rings. The number of amides is 2. The molecule has 1 aliphatic carbocycles. The smallest absolute Gasteiger partial charge is 0.429 e. The van der Waals surface area contributed by atoms with Crippen molar-refractivity contribution in [1.29, 1.82) is 0 Å². The van der Waals surface area contributed by atoms with Crippen LogP contribution in [0.25, 0.3) is 0 Å². The Bertz CT molecular complexity index is 556. The summed E-state index contributed by atoms with van der Waals surface area (Å²) in [5, 5.41) is 2.10. The van der Waals surface area contributed by atoms with E-state index in [0.29, 0.717) is 0 Å². The van der Waals surface area contributed by atoms with Crippen LogP contribution in [-0.2, 0) is 14.2 Å². The molecule has 13 heteroatoms. The van der Waals surface area contributed by atoms with Gasteiger partial charge in [-0.15, -0.1) is 0 Å². The van der Waals surface area contributed by atoms with Crippen molar-refractivity contribution < 1.29 is 23.8 Å². The molecule has 2 saturated heterocycles. The molecule has 0 spiro atoms. The third-order valence-corrected chi connectivity index (χ3v) is 4.28. The summed E-state index contributed by atoms with van der Waals surface area (Å²) in [6, 6.07) is -1.11. The summed E-state index contributed by atoms with van der Waals surface area (Å²) in [5.41, 5.74) is 0. The summed E-state index contributed by atoms with van der Waals surface area (Å²) in [6.07, 6.45) is 1.18. The third-order valence-electron chi connectivity index (χ3n) is 3.63. The average molecular weight is 475 g/mol. The van der Waals surface area contributed by atoms with Crippen LogP contribution in [0.2, 0.25) is 0 Å². The molecule has 0 unspecified atom stereocenters. The Morgan fingerprint density at radius 2 is 1.20 bits per heavy atom. The first-order valence-electron chi connectivity index (χ1n) is 6.87. The summed E-state index contributed by atoms with van der Waals surface area (Å²) in [6.45, 7) is -1.000. The van der Waals surface area contributed by atoms with Gasteiger partial charge in [-0.3, -0.25) is 0 Å². The highest BCUT2D eigenvalue weighted by molar-refractivity contribution is 6.68. The number of carbonyl (C=O) groups is 2. The molecule has 4 rings (SSSR count). The molecule has 25 heavy (non-hydrogen) atoms. The number of rotatable bonds is 2. The van der Waals surface area contributed by atoms with Crippen LogP contribution in [0.5, 0.6) is 0 Å². The first-order chi connectivity index (χ1) is 11.5. The number of carbonyl (C=O) groups excluding carboxylic acids is 2. The van der Waals surface area contributed by atoms with Gasteiger partial charge in [0.1, 0.15) is 37.5 Å². The van der Waals surface area contributed by atoms with Crippen molar-refractivity contribution in [2.24, 2.45) is 0 Å². The van der Waals surface area contributed by atoms with Crippen LogP contribution in [-0.4, -0.2) is 67.3 Å². The molecule has 4 atom stereocenters. The largest absolute Gasteiger partial charge is 0.444 e. The van der Waals surface area contributed by atoms with E-state index in [0.717, 1.165) is 10.0 Å². The zero-order chi connectivity index (χ0) is 18.6. The predicted molar refractivity (Wildman–Crippen MR) is 92.3 cm³/mol. The van der Waals surface area contributed by atoms with Crippen molar-refractivity contribution in [3.8, 4) is 0 Å². The first kappa shape index (κ1) is 19.7. The Balaban J connectivity index is 1.75. The van der Waals surface area contributed by atoms with Gasteiger partial charge >= 0.3 is 12.2 Å². The van der Waals surface area contributed by atoms with Gasteiger partial charge in [-0.2, -0.15) is 0 Å². The lowest BCUT2D eigenvalue weighted by molar-refractivity contribution is -0.0681. The molecule has 3 heterocycles. The number of halogens is 6. The minimum absolute atomic E-state index is 0.243. The van der Waals surface area contributed by atoms with Gasteiger partial charge in [0.2, 0.25) is 7.59 Å². The zero-order valence-corrected chi connectivity index (χ0v) is 16.6. The Kier molecular flexibility index (Phi) is 5.41. The quantitative estimate of drug-likeness (QED) is 0.347. The van der Waals surface area contributed by atoms with Crippen LogP contribution in [0, 0.1) is 0 Å². The number of hydrazine groups is 1. The standard InChI is InChI=1S/C12H10Cl6N2O5/c13-11(14,15)3-23-9(21)19-5-1-2-6(8-7(5)25-8)20(19)10(22)24-4-12(16,17)18/h1-2,5-8H,3-4H2/t5-,6-,7-,8+/m1/s1. The van der Waals surface area contributed by atoms with E-state index in [1.54, 1.807) is 12.2 Å². The highest BCUT2D eigenvalue weighted by Crippen LogP contribution is 2.45. The lowest BCUT2D eigenvalue weighted by Crippen LogP contribution is -2.66. The van der Waals surface area contributed by atoms with Crippen LogP contribution in [0.1, 0.15) is 0 Å². The van der Waals surface area contributed by atoms with Crippen molar-refractivity contribution in [2.75, 3.05) is 13.2 Å². The molecule has 7 nitrogen and oxygen atoms in total. The molecule has 0 N–H and O–H groups in total. The molecule has 4 aliphatic rings. The lowest BCUT2D eigenvalue weighted by Gasteiger charge is -2.46. The minimum atomic E-state index is -1.79. The van der Waals surface area contributed by atoms with E-state index in [1.165, 1.54) is 0 Å². The van der Waals surface area contributed by atoms with Crippen LogP contribution in [0.3, 0.4) is 0 Å². The van der Waals surface area contributed by atoms with Crippen molar-refractivity contribution >= 4 is 81.8 Å². The normalized spacial score (nSPS) is 30.2. The van der Waals surface area contributed by atoms with E-state index in [4.69, 9.17) is 83.8 Å². The maximum absolute atomic E-state index is 12.4. The van der Waals surface area contributed by atoms with Gasteiger partial charge in [-0.05, 0) is 0 Å². The first-order valence-corrected chi connectivity index (χ1v) is 9.14. The Morgan fingerprint density at radius 3 is 1.52 bits per heavy atom. The highest BCUT2D eigenvalue weighted by atomic mass is 35.6. The van der Waals surface area contributed by atoms with E-state index in [1.807, 2.05) is 0 Å². The molecule has 2 amide bonds. The third kappa shape index (κ3) is 4.46. The van der Waals surface area contributed by atoms with Crippen LogP contribution < -0.4 is 0 Å². The summed E-state index contributed by atoms with van der Waals surface area (Å²) in [4.78, 5) is 24.9. The van der Waals surface area contributed by atoms with E-state index in [9.17, 15) is 9.59 Å². The van der Waals surface area contributed by atoms with E-state index in [2.05, 4.69) is 0 Å². The molecule has 0 aromatic carbocycles. The minimum Gasteiger partial charge on any atom is -0.444 e. The van der Waals surface area contributed by atoms with E-state index >= 15 is 0 Å². The van der Waals surface area contributed by atoms with E-state index in [-0.39, 0.29) is 12.2 Å². The summed E-state index contributed by atoms with van der Waals surface area (Å²) >= 11 is 33.5. The molecule has 0 radical (unpaired) electrons. The highest BCUT2D eigenvalue weighted by Gasteiger charge is 2.63. The van der Waals surface area contributed by atoms with Crippen molar-refractivity contribution in [1.82, 2.24) is 10.0 Å². The maximum Gasteiger partial charge on any atom is 0.429 e. The summed E-state index contributed by atoms with van der Waals surface area (Å²) < 4.78 is 11.8. The number of epoxide rings is 1. The fraction of sp³-hybridized carbons (Fsp3) is 0.667. The number of ether oxygens (including phenoxy) is 3. The molecule has 2 fully saturated rings. The Morgan fingerprint density at radius 1 is 0.840 bits per heavy atom. The number of nitrogens with zero attached hydrogens (tertiary/aromatic N) is 2. The zero-order valence-electron chi connectivity index (χ0n) is 12.1. The SMILES string of the molecule is O=C(OCC(Cl)(Cl)Cl)N1[C@@H]2C=C[C@H]([C@H]3O[C@H]32)N1C(=O)OCC(Cl)(Cl)Cl. The summed E-state index contributed by atoms with van der Waals surface area (Å²) in [7, 11) is 0. The second-order valence-electron chi connectivity index (χ2n) is 5.46. The fourth-order valence-corrected chi connectivity index (χ4v) is 3.03. The molecule has 2 bridgehead atoms. The monoisotopic (exact) mass is 472 g/mol. The average Bonchev–Trinajstić information content (AvgIpc) is 3.30. The Hall–Kier alpha value is -0.0200. The maximum atomic E-state index is 12.4. The number of hydrogen-bond donors (Lipinski definition) is 0. The van der Waals surface area contributed by atoms with Crippen molar-refractivity contribution in [3.05, 3.63) is 12.2 Å². The molecular formula is C12H10Cl6N2O5. The van der Waals surface area contributed by atoms with Crippen LogP contribution in [0.15, 0.2) is 12.2 Å². The molecule has 140 valence electrons. The van der Waals surface area contributed by atoms with Gasteiger partial charge < -0.3 is 14.2 Å². The fourth-order valence-electron chi connectivity index (χ4n) is 2.70. The lowest BCUT2D eigenvalue weighted by atomic mass is 9.94. The number of hydrogen-bond acceptors (Lipinski definition) is 5. The molecular weight excluding hydrogens is 465 g/mol. The van der Waals surface area contributed by atoms with Crippen molar-refractivity contribution in [3.63, 3.8) is 0 Å². The van der Waals surface area contributed by atoms with Crippen LogP contribution >= 0.6 is 69.6 Å². The van der Waals surface area contributed by atoms with Gasteiger partial charge in [0.15, 0.2) is 0 Å². The second-order valence-corrected chi connectivity index (χ2v) is 10.5. The van der Waals surface area contributed by atoms with Crippen LogP contribution in [0.4, 0.5) is 9.59 Å². The second kappa shape index (κ2) is 6.86. The number of fused-ring (bicyclic) bond motifs is 1. The van der Waals surface area contributed by atoms with Gasteiger partial charge in [-0.25, -0.2) is 19.6 Å². The molecule has 3 aliphatic heterocycles. The predicted octanol–water partition coefficient (Wildman–Crippen LogP) is 3.61. The Labute approximate surface area is 172 Å². The molecule has 0 saturated carbocycles. The summed E-state index contributed by atoms with van der Waals surface area (Å²) in [5.74, 6) is 0. The van der Waals surface area contributed by atoms with Gasteiger partial charge in [0, 0.05) is 0 Å². The van der Waals surface area contributed by atoms with Gasteiger partial charge in [-0.1, -0.05) is 81.8 Å². The van der Waals surface area contributed by atoms with Gasteiger partial charge in [0.25, 0.3) is 0 Å². The topological polar surface area (TPSA) is 71.6 Å². The van der Waals surface area contributed by atoms with E-state index < -0.39 is 45.1 Å².